The molecule has 0 radical (unpaired) electrons. The Morgan fingerprint density at radius 1 is 0.872 bits per heavy atom. The Morgan fingerprint density at radius 2 is 1.46 bits per heavy atom. The first kappa shape index (κ1) is 27.9. The first-order chi connectivity index (χ1) is 18.9. The number of carbonyl (C=O) groups excluding carboxylic acids is 2. The minimum absolute atomic E-state index is 0.101. The summed E-state index contributed by atoms with van der Waals surface area (Å²) in [6.07, 6.45) is -1.26. The van der Waals surface area contributed by atoms with Crippen LogP contribution in [0.15, 0.2) is 78.9 Å². The molecule has 0 saturated heterocycles. The molecule has 1 aliphatic rings. The van der Waals surface area contributed by atoms with E-state index in [1.165, 1.54) is 0 Å². The van der Waals surface area contributed by atoms with Crippen molar-refractivity contribution in [3.05, 3.63) is 95.6 Å². The molecule has 0 saturated carbocycles. The van der Waals surface area contributed by atoms with Gasteiger partial charge < -0.3 is 25.2 Å². The number of ether oxygens (including phenoxy) is 2. The van der Waals surface area contributed by atoms with E-state index < -0.39 is 36.2 Å². The average Bonchev–Trinajstić information content (AvgIpc) is 3.27. The van der Waals surface area contributed by atoms with Gasteiger partial charge in [0.1, 0.15) is 12.6 Å². The number of carboxylic acid groups (broad SMARTS) is 1. The van der Waals surface area contributed by atoms with Crippen molar-refractivity contribution in [2.45, 2.75) is 57.4 Å². The number of hydrogen-bond donors (Lipinski definition) is 3. The Bertz CT molecular complexity index is 1250. The fourth-order valence-corrected chi connectivity index (χ4v) is 4.86. The normalized spacial score (nSPS) is 14.4. The summed E-state index contributed by atoms with van der Waals surface area (Å²) in [6.45, 7) is 3.82. The highest BCUT2D eigenvalue weighted by molar-refractivity contribution is 5.87. The lowest BCUT2D eigenvalue weighted by atomic mass is 9.98. The number of amides is 2. The lowest BCUT2D eigenvalue weighted by Gasteiger charge is -2.27. The monoisotopic (exact) mass is 530 g/mol. The van der Waals surface area contributed by atoms with Crippen LogP contribution in [0.3, 0.4) is 0 Å². The van der Waals surface area contributed by atoms with Crippen LogP contribution in [0.2, 0.25) is 0 Å². The van der Waals surface area contributed by atoms with Gasteiger partial charge in [0, 0.05) is 12.0 Å². The summed E-state index contributed by atoms with van der Waals surface area (Å²) in [6, 6.07) is 23.9. The molecule has 3 aromatic rings. The highest BCUT2D eigenvalue weighted by Crippen LogP contribution is 2.44. The molecule has 8 heteroatoms. The Hall–Kier alpha value is -4.17. The van der Waals surface area contributed by atoms with Crippen molar-refractivity contribution >= 4 is 18.0 Å². The molecule has 0 heterocycles. The number of aliphatic carboxylic acids is 1. The van der Waals surface area contributed by atoms with Crippen LogP contribution in [0.1, 0.15) is 49.3 Å². The molecule has 0 aromatic heterocycles. The van der Waals surface area contributed by atoms with Crippen molar-refractivity contribution in [2.24, 2.45) is 0 Å². The zero-order valence-corrected chi connectivity index (χ0v) is 22.1. The second-order valence-corrected chi connectivity index (χ2v) is 9.66. The molecular formula is C31H34N2O6. The highest BCUT2D eigenvalue weighted by atomic mass is 16.5. The number of carbonyl (C=O) groups is 3. The second kappa shape index (κ2) is 13.1. The van der Waals surface area contributed by atoms with Gasteiger partial charge in [0.25, 0.3) is 0 Å². The van der Waals surface area contributed by atoms with Crippen LogP contribution in [-0.2, 0) is 25.7 Å². The van der Waals surface area contributed by atoms with E-state index in [1.54, 1.807) is 13.8 Å². The molecule has 3 N–H and O–H groups in total. The number of nitrogens with one attached hydrogen (secondary N) is 2. The Labute approximate surface area is 228 Å². The predicted octanol–water partition coefficient (Wildman–Crippen LogP) is 4.87. The lowest BCUT2D eigenvalue weighted by molar-refractivity contribution is -0.138. The van der Waals surface area contributed by atoms with E-state index in [0.717, 1.165) is 27.8 Å². The largest absolute Gasteiger partial charge is 0.481 e. The van der Waals surface area contributed by atoms with E-state index in [4.69, 9.17) is 9.47 Å². The maximum absolute atomic E-state index is 13.2. The Balaban J connectivity index is 1.44. The van der Waals surface area contributed by atoms with Crippen LogP contribution in [0.4, 0.5) is 4.79 Å². The van der Waals surface area contributed by atoms with Gasteiger partial charge in [-0.05, 0) is 41.2 Å². The molecule has 1 aliphatic carbocycles. The van der Waals surface area contributed by atoms with Crippen molar-refractivity contribution in [1.29, 1.82) is 0 Å². The van der Waals surface area contributed by atoms with Crippen LogP contribution in [0.25, 0.3) is 11.1 Å². The molecule has 3 aromatic carbocycles. The summed E-state index contributed by atoms with van der Waals surface area (Å²) < 4.78 is 11.6. The SMILES string of the molecule is CCC(CC(=O)O)NC(=O)[C@H](NC(=O)OCC1c2ccccc2-c2ccccc21)[C@H](C)OCc1ccccc1. The van der Waals surface area contributed by atoms with E-state index in [9.17, 15) is 19.5 Å². The number of rotatable bonds is 12. The van der Waals surface area contributed by atoms with Gasteiger partial charge in [-0.3, -0.25) is 9.59 Å². The van der Waals surface area contributed by atoms with Crippen LogP contribution >= 0.6 is 0 Å². The topological polar surface area (TPSA) is 114 Å². The Kier molecular flexibility index (Phi) is 9.33. The Morgan fingerprint density at radius 3 is 2.05 bits per heavy atom. The quantitative estimate of drug-likeness (QED) is 0.308. The number of alkyl carbamates (subject to hydrolysis) is 1. The van der Waals surface area contributed by atoms with Gasteiger partial charge >= 0.3 is 12.1 Å². The molecule has 204 valence electrons. The molecule has 8 nitrogen and oxygen atoms in total. The smallest absolute Gasteiger partial charge is 0.407 e. The molecule has 4 rings (SSSR count). The molecule has 3 atom stereocenters. The summed E-state index contributed by atoms with van der Waals surface area (Å²) in [4.78, 5) is 37.4. The van der Waals surface area contributed by atoms with Gasteiger partial charge in [0.2, 0.25) is 5.91 Å². The third-order valence-electron chi connectivity index (χ3n) is 6.98. The van der Waals surface area contributed by atoms with Crippen LogP contribution in [0, 0.1) is 0 Å². The summed E-state index contributed by atoms with van der Waals surface area (Å²) >= 11 is 0. The number of fused-ring (bicyclic) bond motifs is 3. The van der Waals surface area contributed by atoms with Crippen molar-refractivity contribution in [2.75, 3.05) is 6.61 Å². The van der Waals surface area contributed by atoms with E-state index in [1.807, 2.05) is 66.7 Å². The zero-order chi connectivity index (χ0) is 27.8. The van der Waals surface area contributed by atoms with Gasteiger partial charge in [0.05, 0.1) is 19.1 Å². The van der Waals surface area contributed by atoms with E-state index in [-0.39, 0.29) is 25.6 Å². The van der Waals surface area contributed by atoms with Crippen molar-refractivity contribution in [3.8, 4) is 11.1 Å². The molecule has 0 spiro atoms. The number of hydrogen-bond acceptors (Lipinski definition) is 5. The molecule has 0 bridgehead atoms. The third kappa shape index (κ3) is 7.03. The fourth-order valence-electron chi connectivity index (χ4n) is 4.86. The van der Waals surface area contributed by atoms with Gasteiger partial charge in [-0.2, -0.15) is 0 Å². The zero-order valence-electron chi connectivity index (χ0n) is 22.1. The van der Waals surface area contributed by atoms with Crippen molar-refractivity contribution < 1.29 is 29.0 Å². The first-order valence-corrected chi connectivity index (χ1v) is 13.2. The van der Waals surface area contributed by atoms with Crippen LogP contribution in [0.5, 0.6) is 0 Å². The average molecular weight is 531 g/mol. The van der Waals surface area contributed by atoms with E-state index >= 15 is 0 Å². The minimum atomic E-state index is -1.09. The number of carboxylic acids is 1. The van der Waals surface area contributed by atoms with Crippen LogP contribution in [-0.4, -0.2) is 47.9 Å². The van der Waals surface area contributed by atoms with E-state index in [0.29, 0.717) is 6.42 Å². The van der Waals surface area contributed by atoms with E-state index in [2.05, 4.69) is 22.8 Å². The molecule has 0 aliphatic heterocycles. The summed E-state index contributed by atoms with van der Waals surface area (Å²) in [5, 5.41) is 14.6. The summed E-state index contributed by atoms with van der Waals surface area (Å²) in [5.41, 5.74) is 5.32. The van der Waals surface area contributed by atoms with Crippen LogP contribution < -0.4 is 10.6 Å². The molecule has 2 amide bonds. The molecule has 39 heavy (non-hydrogen) atoms. The first-order valence-electron chi connectivity index (χ1n) is 13.2. The maximum Gasteiger partial charge on any atom is 0.407 e. The van der Waals surface area contributed by atoms with Gasteiger partial charge in [-0.15, -0.1) is 0 Å². The standard InChI is InChI=1S/C31H34N2O6/c1-3-22(17-28(34)35)32-30(36)29(20(2)38-18-21-11-5-4-6-12-21)33-31(37)39-19-27-25-15-9-7-13-23(25)24-14-8-10-16-26(24)27/h4-16,20,22,27,29H,3,17-19H2,1-2H3,(H,32,36)(H,33,37)(H,34,35)/t20-,22?,29+/m0/s1. The van der Waals surface area contributed by atoms with Gasteiger partial charge in [0.15, 0.2) is 0 Å². The minimum Gasteiger partial charge on any atom is -0.481 e. The molecule has 1 unspecified atom stereocenters. The molecule has 0 fully saturated rings. The van der Waals surface area contributed by atoms with Crippen molar-refractivity contribution in [3.63, 3.8) is 0 Å². The number of benzene rings is 3. The van der Waals surface area contributed by atoms with Gasteiger partial charge in [-0.1, -0.05) is 85.8 Å². The maximum atomic E-state index is 13.2. The predicted molar refractivity (Wildman–Crippen MR) is 147 cm³/mol. The second-order valence-electron chi connectivity index (χ2n) is 9.66. The fraction of sp³-hybridized carbons (Fsp3) is 0.323. The van der Waals surface area contributed by atoms with Gasteiger partial charge in [-0.25, -0.2) is 4.79 Å². The summed E-state index contributed by atoms with van der Waals surface area (Å²) in [7, 11) is 0. The summed E-state index contributed by atoms with van der Waals surface area (Å²) in [5.74, 6) is -1.67. The lowest BCUT2D eigenvalue weighted by Crippen LogP contribution is -2.55. The van der Waals surface area contributed by atoms with Crippen molar-refractivity contribution in [1.82, 2.24) is 10.6 Å². The third-order valence-corrected chi connectivity index (χ3v) is 6.98. The highest BCUT2D eigenvalue weighted by Gasteiger charge is 2.32. The molecular weight excluding hydrogens is 496 g/mol.